The molecule has 0 unspecified atom stereocenters. The van der Waals surface area contributed by atoms with Crippen LogP contribution in [0, 0.1) is 0 Å². The van der Waals surface area contributed by atoms with E-state index >= 15 is 0 Å². The summed E-state index contributed by atoms with van der Waals surface area (Å²) in [4.78, 5) is 22.2. The Morgan fingerprint density at radius 2 is 1.69 bits per heavy atom. The number of carbonyl (C=O) groups is 1. The molecule has 0 aliphatic heterocycles. The molecule has 0 saturated carbocycles. The third-order valence-corrected chi connectivity index (χ3v) is 5.16. The maximum Gasteiger partial charge on any atom is 0.226 e. The number of aromatic nitrogens is 3. The predicted molar refractivity (Wildman–Crippen MR) is 117 cm³/mol. The fourth-order valence-corrected chi connectivity index (χ4v) is 3.80. The zero-order valence-electron chi connectivity index (χ0n) is 15.5. The Labute approximate surface area is 172 Å². The highest BCUT2D eigenvalue weighted by atomic mass is 35.5. The number of benzene rings is 3. The van der Waals surface area contributed by atoms with E-state index in [1.54, 1.807) is 12.1 Å². The Balaban J connectivity index is 1.51. The minimum Gasteiger partial charge on any atom is -0.326 e. The number of nitrogens with zero attached hydrogens (tertiary/aromatic N) is 3. The van der Waals surface area contributed by atoms with Gasteiger partial charge in [0.2, 0.25) is 5.91 Å². The van der Waals surface area contributed by atoms with E-state index in [1.165, 1.54) is 0 Å². The van der Waals surface area contributed by atoms with Crippen molar-refractivity contribution < 1.29 is 4.79 Å². The second-order valence-corrected chi connectivity index (χ2v) is 7.30. The highest BCUT2D eigenvalue weighted by molar-refractivity contribution is 6.30. The summed E-state index contributed by atoms with van der Waals surface area (Å²) in [5.41, 5.74) is 5.06. The number of rotatable bonds is 4. The molecule has 2 heterocycles. The molecular weight excluding hydrogens is 384 g/mol. The van der Waals surface area contributed by atoms with Crippen molar-refractivity contribution in [3.8, 4) is 0 Å². The Bertz CT molecular complexity index is 1380. The summed E-state index contributed by atoms with van der Waals surface area (Å²) in [5, 5.41) is 4.53. The number of aryl methyl sites for hydroxylation is 1. The van der Waals surface area contributed by atoms with E-state index < -0.39 is 0 Å². The first kappa shape index (κ1) is 17.6. The Kier molecular flexibility index (Phi) is 4.37. The lowest BCUT2D eigenvalue weighted by Gasteiger charge is -2.08. The molecule has 142 valence electrons. The SMILES string of the molecule is O=C(CCn1c2ccccc2c2nc3ccccc3nc21)Nc1cccc(Cl)c1. The molecule has 5 aromatic rings. The monoisotopic (exact) mass is 400 g/mol. The van der Waals surface area contributed by atoms with Crippen molar-refractivity contribution in [3.63, 3.8) is 0 Å². The number of hydrogen-bond donors (Lipinski definition) is 1. The number of carbonyl (C=O) groups excluding carboxylic acids is 1. The molecule has 0 spiro atoms. The van der Waals surface area contributed by atoms with Gasteiger partial charge in [-0.1, -0.05) is 48.0 Å². The second-order valence-electron chi connectivity index (χ2n) is 6.86. The van der Waals surface area contributed by atoms with Crippen LogP contribution in [0.4, 0.5) is 5.69 Å². The fourth-order valence-electron chi connectivity index (χ4n) is 3.61. The molecule has 1 amide bonds. The lowest BCUT2D eigenvalue weighted by Crippen LogP contribution is -2.14. The summed E-state index contributed by atoms with van der Waals surface area (Å²) in [6.07, 6.45) is 0.314. The molecule has 3 aromatic carbocycles. The molecule has 0 saturated heterocycles. The minimum atomic E-state index is -0.0769. The van der Waals surface area contributed by atoms with Gasteiger partial charge < -0.3 is 9.88 Å². The van der Waals surface area contributed by atoms with Crippen molar-refractivity contribution >= 4 is 56.3 Å². The van der Waals surface area contributed by atoms with E-state index in [0.717, 1.165) is 33.1 Å². The summed E-state index contributed by atoms with van der Waals surface area (Å²) < 4.78 is 2.07. The van der Waals surface area contributed by atoms with Crippen LogP contribution in [-0.2, 0) is 11.3 Å². The Morgan fingerprint density at radius 1 is 0.931 bits per heavy atom. The van der Waals surface area contributed by atoms with Crippen LogP contribution in [0.5, 0.6) is 0 Å². The Morgan fingerprint density at radius 3 is 2.52 bits per heavy atom. The number of halogens is 1. The number of hydrogen-bond acceptors (Lipinski definition) is 3. The van der Waals surface area contributed by atoms with Gasteiger partial charge in [-0.15, -0.1) is 0 Å². The number of fused-ring (bicyclic) bond motifs is 4. The molecule has 0 fully saturated rings. The lowest BCUT2D eigenvalue weighted by atomic mass is 10.2. The van der Waals surface area contributed by atoms with Gasteiger partial charge in [0.25, 0.3) is 0 Å². The Hall–Kier alpha value is -3.44. The molecule has 6 heteroatoms. The summed E-state index contributed by atoms with van der Waals surface area (Å²) in [5.74, 6) is -0.0769. The molecule has 1 N–H and O–H groups in total. The first-order valence-electron chi connectivity index (χ1n) is 9.38. The number of anilines is 1. The van der Waals surface area contributed by atoms with E-state index in [4.69, 9.17) is 21.6 Å². The van der Waals surface area contributed by atoms with Gasteiger partial charge in [0, 0.05) is 29.1 Å². The highest BCUT2D eigenvalue weighted by Crippen LogP contribution is 2.28. The standard InChI is InChI=1S/C23H17ClN4O/c24-15-6-5-7-16(14-15)25-21(29)12-13-28-20-11-4-1-8-17(20)22-23(28)27-19-10-3-2-9-18(19)26-22/h1-11,14H,12-13H2,(H,25,29). The molecule has 5 nitrogen and oxygen atoms in total. The van der Waals surface area contributed by atoms with Crippen LogP contribution in [-0.4, -0.2) is 20.4 Å². The van der Waals surface area contributed by atoms with Crippen LogP contribution in [0.1, 0.15) is 6.42 Å². The minimum absolute atomic E-state index is 0.0769. The van der Waals surface area contributed by atoms with Gasteiger partial charge in [0.1, 0.15) is 5.52 Å². The number of nitrogens with one attached hydrogen (secondary N) is 1. The van der Waals surface area contributed by atoms with Gasteiger partial charge in [0.05, 0.1) is 16.6 Å². The topological polar surface area (TPSA) is 59.8 Å². The lowest BCUT2D eigenvalue weighted by molar-refractivity contribution is -0.116. The average molecular weight is 401 g/mol. The first-order valence-corrected chi connectivity index (χ1v) is 9.76. The third-order valence-electron chi connectivity index (χ3n) is 4.93. The van der Waals surface area contributed by atoms with Crippen molar-refractivity contribution in [1.82, 2.24) is 14.5 Å². The second kappa shape index (κ2) is 7.18. The normalized spacial score (nSPS) is 11.3. The van der Waals surface area contributed by atoms with Crippen LogP contribution < -0.4 is 5.32 Å². The van der Waals surface area contributed by atoms with E-state index in [0.29, 0.717) is 23.7 Å². The zero-order chi connectivity index (χ0) is 19.8. The molecule has 0 bridgehead atoms. The number of para-hydroxylation sites is 3. The molecule has 0 radical (unpaired) electrons. The molecule has 0 aliphatic rings. The van der Waals surface area contributed by atoms with Gasteiger partial charge >= 0.3 is 0 Å². The summed E-state index contributed by atoms with van der Waals surface area (Å²) in [6.45, 7) is 0.503. The van der Waals surface area contributed by atoms with Crippen molar-refractivity contribution in [1.29, 1.82) is 0 Å². The van der Waals surface area contributed by atoms with Crippen LogP contribution in [0.2, 0.25) is 5.02 Å². The molecule has 5 rings (SSSR count). The largest absolute Gasteiger partial charge is 0.326 e. The fraction of sp³-hybridized carbons (Fsp3) is 0.0870. The van der Waals surface area contributed by atoms with Crippen molar-refractivity contribution in [2.45, 2.75) is 13.0 Å². The quantitative estimate of drug-likeness (QED) is 0.438. The molecule has 0 atom stereocenters. The van der Waals surface area contributed by atoms with E-state index in [9.17, 15) is 4.79 Å². The van der Waals surface area contributed by atoms with Crippen LogP contribution >= 0.6 is 11.6 Å². The van der Waals surface area contributed by atoms with Gasteiger partial charge in [-0.25, -0.2) is 9.97 Å². The maximum absolute atomic E-state index is 12.5. The summed E-state index contributed by atoms with van der Waals surface area (Å²) in [7, 11) is 0. The average Bonchev–Trinajstić information content (AvgIpc) is 3.03. The smallest absolute Gasteiger partial charge is 0.226 e. The van der Waals surface area contributed by atoms with Crippen LogP contribution in [0.3, 0.4) is 0 Å². The maximum atomic E-state index is 12.5. The van der Waals surface area contributed by atoms with E-state index in [1.807, 2.05) is 60.7 Å². The van der Waals surface area contributed by atoms with Crippen molar-refractivity contribution in [2.75, 3.05) is 5.32 Å². The highest BCUT2D eigenvalue weighted by Gasteiger charge is 2.15. The molecule has 0 aliphatic carbocycles. The van der Waals surface area contributed by atoms with E-state index in [2.05, 4.69) is 9.88 Å². The summed E-state index contributed by atoms with van der Waals surface area (Å²) in [6, 6.07) is 23.0. The molecular formula is C23H17ClN4O. The van der Waals surface area contributed by atoms with Gasteiger partial charge in [-0.3, -0.25) is 4.79 Å². The first-order chi connectivity index (χ1) is 14.2. The zero-order valence-corrected chi connectivity index (χ0v) is 16.2. The van der Waals surface area contributed by atoms with Crippen LogP contribution in [0.25, 0.3) is 33.1 Å². The molecule has 29 heavy (non-hydrogen) atoms. The van der Waals surface area contributed by atoms with Gasteiger partial charge in [-0.05, 0) is 36.4 Å². The number of amides is 1. The van der Waals surface area contributed by atoms with Gasteiger partial charge in [-0.2, -0.15) is 0 Å². The third kappa shape index (κ3) is 3.30. The van der Waals surface area contributed by atoms with Gasteiger partial charge in [0.15, 0.2) is 5.65 Å². The van der Waals surface area contributed by atoms with E-state index in [-0.39, 0.29) is 5.91 Å². The van der Waals surface area contributed by atoms with Crippen molar-refractivity contribution in [3.05, 3.63) is 77.8 Å². The van der Waals surface area contributed by atoms with Crippen molar-refractivity contribution in [2.24, 2.45) is 0 Å². The summed E-state index contributed by atoms with van der Waals surface area (Å²) >= 11 is 5.99. The predicted octanol–water partition coefficient (Wildman–Crippen LogP) is 5.42. The molecule has 2 aromatic heterocycles. The van der Waals surface area contributed by atoms with Crippen LogP contribution in [0.15, 0.2) is 72.8 Å².